The van der Waals surface area contributed by atoms with E-state index in [0.29, 0.717) is 18.4 Å². The Morgan fingerprint density at radius 2 is 1.84 bits per heavy atom. The molecule has 1 aromatic heterocycles. The van der Waals surface area contributed by atoms with E-state index in [9.17, 15) is 13.2 Å². The van der Waals surface area contributed by atoms with E-state index in [0.717, 1.165) is 5.56 Å². The number of nitrogens with zero attached hydrogens (tertiary/aromatic N) is 2. The lowest BCUT2D eigenvalue weighted by Crippen LogP contribution is -2.04. The van der Waals surface area contributed by atoms with E-state index in [1.54, 1.807) is 24.3 Å². The summed E-state index contributed by atoms with van der Waals surface area (Å²) in [6, 6.07) is 6.76. The van der Waals surface area contributed by atoms with Crippen molar-refractivity contribution in [2.24, 2.45) is 0 Å². The Kier molecular flexibility index (Phi) is 3.84. The number of rotatable bonds is 4. The van der Waals surface area contributed by atoms with Gasteiger partial charge in [-0.3, -0.25) is 0 Å². The summed E-state index contributed by atoms with van der Waals surface area (Å²) in [5, 5.41) is 12.0. The van der Waals surface area contributed by atoms with Gasteiger partial charge in [0, 0.05) is 12.2 Å². The number of halogens is 3. The fourth-order valence-electron chi connectivity index (χ4n) is 1.56. The summed E-state index contributed by atoms with van der Waals surface area (Å²) < 4.78 is 41.1. The minimum absolute atomic E-state index is 0.0963. The van der Waals surface area contributed by atoms with Crippen molar-refractivity contribution in [2.45, 2.75) is 19.0 Å². The van der Waals surface area contributed by atoms with Crippen LogP contribution in [0.4, 0.5) is 13.2 Å². The van der Waals surface area contributed by atoms with Gasteiger partial charge in [0.1, 0.15) is 0 Å². The molecule has 0 radical (unpaired) electrons. The minimum Gasteiger partial charge on any atom is -0.396 e. The van der Waals surface area contributed by atoms with Gasteiger partial charge >= 0.3 is 12.1 Å². The third-order valence-corrected chi connectivity index (χ3v) is 2.50. The summed E-state index contributed by atoms with van der Waals surface area (Å²) in [6.07, 6.45) is -3.29. The van der Waals surface area contributed by atoms with E-state index < -0.39 is 12.1 Å². The molecule has 0 fully saturated rings. The third kappa shape index (κ3) is 3.31. The summed E-state index contributed by atoms with van der Waals surface area (Å²) in [4.78, 5) is 3.30. The van der Waals surface area contributed by atoms with E-state index in [1.807, 2.05) is 0 Å². The van der Waals surface area contributed by atoms with Gasteiger partial charge in [0.05, 0.1) is 0 Å². The van der Waals surface area contributed by atoms with Gasteiger partial charge < -0.3 is 9.63 Å². The first-order valence-electron chi connectivity index (χ1n) is 5.62. The number of benzene rings is 1. The summed E-state index contributed by atoms with van der Waals surface area (Å²) in [6.45, 7) is 0.0987. The van der Waals surface area contributed by atoms with Crippen LogP contribution in [0.1, 0.15) is 17.9 Å². The zero-order chi connectivity index (χ0) is 13.9. The lowest BCUT2D eigenvalue weighted by molar-refractivity contribution is -0.159. The molecule has 0 unspecified atom stereocenters. The predicted molar refractivity (Wildman–Crippen MR) is 60.1 cm³/mol. The molecule has 0 aliphatic rings. The highest BCUT2D eigenvalue weighted by Gasteiger charge is 2.38. The summed E-state index contributed by atoms with van der Waals surface area (Å²) in [7, 11) is 0. The standard InChI is InChI=1S/C12H11F3N2O2/c13-12(14,15)11-16-10(17-19-11)9-5-3-8(4-6-9)2-1-7-18/h3-6,18H,1-2,7H2. The van der Waals surface area contributed by atoms with Crippen LogP contribution in [0.15, 0.2) is 28.8 Å². The summed E-state index contributed by atoms with van der Waals surface area (Å²) in [5.41, 5.74) is 1.43. The molecule has 19 heavy (non-hydrogen) atoms. The molecule has 2 aromatic rings. The molecular formula is C12H11F3N2O2. The van der Waals surface area contributed by atoms with Crippen molar-refractivity contribution in [1.29, 1.82) is 0 Å². The normalized spacial score (nSPS) is 11.8. The molecule has 4 nitrogen and oxygen atoms in total. The van der Waals surface area contributed by atoms with Gasteiger partial charge in [-0.2, -0.15) is 18.2 Å². The fraction of sp³-hybridized carbons (Fsp3) is 0.333. The third-order valence-electron chi connectivity index (χ3n) is 2.50. The van der Waals surface area contributed by atoms with Crippen molar-refractivity contribution >= 4 is 0 Å². The number of aromatic nitrogens is 2. The average Bonchev–Trinajstić information content (AvgIpc) is 2.86. The van der Waals surface area contributed by atoms with E-state index in [-0.39, 0.29) is 12.4 Å². The second-order valence-corrected chi connectivity index (χ2v) is 3.94. The Morgan fingerprint density at radius 1 is 1.16 bits per heavy atom. The molecule has 1 N–H and O–H groups in total. The number of alkyl halides is 3. The van der Waals surface area contributed by atoms with Crippen LogP contribution in [-0.4, -0.2) is 21.9 Å². The number of hydrogen-bond donors (Lipinski definition) is 1. The zero-order valence-corrected chi connectivity index (χ0v) is 9.81. The first-order chi connectivity index (χ1) is 9.00. The van der Waals surface area contributed by atoms with Crippen LogP contribution < -0.4 is 0 Å². The Labute approximate surface area is 106 Å². The van der Waals surface area contributed by atoms with Crippen LogP contribution in [0.5, 0.6) is 0 Å². The lowest BCUT2D eigenvalue weighted by Gasteiger charge is -2.00. The molecule has 0 saturated carbocycles. The molecule has 0 saturated heterocycles. The predicted octanol–water partition coefficient (Wildman–Crippen LogP) is 2.68. The van der Waals surface area contributed by atoms with Crippen LogP contribution in [-0.2, 0) is 12.6 Å². The molecule has 1 heterocycles. The lowest BCUT2D eigenvalue weighted by atomic mass is 10.1. The van der Waals surface area contributed by atoms with Gasteiger partial charge in [-0.25, -0.2) is 0 Å². The molecule has 102 valence electrons. The highest BCUT2D eigenvalue weighted by Crippen LogP contribution is 2.29. The maximum absolute atomic E-state index is 12.3. The van der Waals surface area contributed by atoms with Crippen molar-refractivity contribution in [3.8, 4) is 11.4 Å². The minimum atomic E-state index is -4.63. The van der Waals surface area contributed by atoms with Gasteiger partial charge in [0.25, 0.3) is 0 Å². The fourth-order valence-corrected chi connectivity index (χ4v) is 1.56. The number of aliphatic hydroxyl groups is 1. The second kappa shape index (κ2) is 5.40. The van der Waals surface area contributed by atoms with E-state index in [1.165, 1.54) is 0 Å². The number of aryl methyl sites for hydroxylation is 1. The highest BCUT2D eigenvalue weighted by molar-refractivity contribution is 5.54. The quantitative estimate of drug-likeness (QED) is 0.929. The van der Waals surface area contributed by atoms with Gasteiger partial charge in [-0.15, -0.1) is 0 Å². The van der Waals surface area contributed by atoms with E-state index >= 15 is 0 Å². The number of aliphatic hydroxyl groups excluding tert-OH is 1. The van der Waals surface area contributed by atoms with Crippen LogP contribution in [0.3, 0.4) is 0 Å². The molecule has 7 heteroatoms. The monoisotopic (exact) mass is 272 g/mol. The van der Waals surface area contributed by atoms with Gasteiger partial charge in [-0.1, -0.05) is 29.4 Å². The molecule has 0 atom stereocenters. The number of hydrogen-bond acceptors (Lipinski definition) is 4. The van der Waals surface area contributed by atoms with Gasteiger partial charge in [0.2, 0.25) is 5.82 Å². The summed E-state index contributed by atoms with van der Waals surface area (Å²) >= 11 is 0. The molecule has 0 bridgehead atoms. The second-order valence-electron chi connectivity index (χ2n) is 3.94. The van der Waals surface area contributed by atoms with Crippen molar-refractivity contribution in [1.82, 2.24) is 10.1 Å². The van der Waals surface area contributed by atoms with Gasteiger partial charge in [0.15, 0.2) is 0 Å². The first-order valence-corrected chi connectivity index (χ1v) is 5.62. The van der Waals surface area contributed by atoms with E-state index in [2.05, 4.69) is 14.7 Å². The van der Waals surface area contributed by atoms with Crippen molar-refractivity contribution in [3.63, 3.8) is 0 Å². The molecule has 1 aromatic carbocycles. The topological polar surface area (TPSA) is 59.2 Å². The zero-order valence-electron chi connectivity index (χ0n) is 9.81. The molecule has 0 aliphatic carbocycles. The Bertz CT molecular complexity index is 535. The van der Waals surface area contributed by atoms with Crippen LogP contribution >= 0.6 is 0 Å². The maximum atomic E-state index is 12.3. The Morgan fingerprint density at radius 3 is 2.37 bits per heavy atom. The largest absolute Gasteiger partial charge is 0.471 e. The van der Waals surface area contributed by atoms with Crippen LogP contribution in [0, 0.1) is 0 Å². The van der Waals surface area contributed by atoms with Crippen molar-refractivity contribution in [2.75, 3.05) is 6.61 Å². The first kappa shape index (κ1) is 13.5. The van der Waals surface area contributed by atoms with E-state index in [4.69, 9.17) is 5.11 Å². The SMILES string of the molecule is OCCCc1ccc(-c2noc(C(F)(F)F)n2)cc1. The maximum Gasteiger partial charge on any atom is 0.471 e. The van der Waals surface area contributed by atoms with Crippen LogP contribution in [0.25, 0.3) is 11.4 Å². The summed E-state index contributed by atoms with van der Waals surface area (Å²) in [5.74, 6) is -1.45. The molecule has 2 rings (SSSR count). The molecule has 0 amide bonds. The molecule has 0 aliphatic heterocycles. The average molecular weight is 272 g/mol. The van der Waals surface area contributed by atoms with Crippen molar-refractivity contribution in [3.05, 3.63) is 35.7 Å². The van der Waals surface area contributed by atoms with Crippen LogP contribution in [0.2, 0.25) is 0 Å². The molecule has 0 spiro atoms. The highest BCUT2D eigenvalue weighted by atomic mass is 19.4. The smallest absolute Gasteiger partial charge is 0.396 e. The molecular weight excluding hydrogens is 261 g/mol. The van der Waals surface area contributed by atoms with Crippen molar-refractivity contribution < 1.29 is 22.8 Å². The Hall–Kier alpha value is -1.89. The van der Waals surface area contributed by atoms with Gasteiger partial charge in [-0.05, 0) is 18.4 Å². The Balaban J connectivity index is 2.16.